The van der Waals surface area contributed by atoms with Crippen molar-refractivity contribution in [3.8, 4) is 5.75 Å². The van der Waals surface area contributed by atoms with Gasteiger partial charge in [-0.05, 0) is 18.7 Å². The second-order valence-electron chi connectivity index (χ2n) is 4.30. The molecular weight excluding hydrogens is 254 g/mol. The van der Waals surface area contributed by atoms with Crippen LogP contribution in [0.2, 0.25) is 5.02 Å². The molecule has 0 spiro atoms. The van der Waals surface area contributed by atoms with E-state index in [9.17, 15) is 9.90 Å². The minimum atomic E-state index is -0.822. The van der Waals surface area contributed by atoms with Gasteiger partial charge >= 0.3 is 5.97 Å². The number of aliphatic carboxylic acids is 1. The Morgan fingerprint density at radius 1 is 1.50 bits per heavy atom. The van der Waals surface area contributed by atoms with Gasteiger partial charge in [0.15, 0.2) is 0 Å². The van der Waals surface area contributed by atoms with Crippen LogP contribution in [0, 0.1) is 5.92 Å². The van der Waals surface area contributed by atoms with Gasteiger partial charge in [0.25, 0.3) is 0 Å². The number of carbonyl (C=O) groups is 1. The van der Waals surface area contributed by atoms with E-state index in [0.717, 1.165) is 0 Å². The molecule has 4 nitrogen and oxygen atoms in total. The normalized spacial score (nSPS) is 12.7. The lowest BCUT2D eigenvalue weighted by atomic mass is 10.1. The molecule has 0 saturated heterocycles. The van der Waals surface area contributed by atoms with E-state index in [4.69, 9.17) is 16.7 Å². The molecular formula is C13H18ClNO3. The Bertz CT molecular complexity index is 402. The summed E-state index contributed by atoms with van der Waals surface area (Å²) in [6, 6.07) is 4.97. The number of nitrogens with zero attached hydrogens (tertiary/aromatic N) is 1. The summed E-state index contributed by atoms with van der Waals surface area (Å²) in [5.41, 5.74) is 0.638. The Labute approximate surface area is 112 Å². The van der Waals surface area contributed by atoms with E-state index in [-0.39, 0.29) is 5.75 Å². The lowest BCUT2D eigenvalue weighted by Gasteiger charge is -2.23. The predicted octanol–water partition coefficient (Wildman–Crippen LogP) is 2.59. The second kappa shape index (κ2) is 6.61. The van der Waals surface area contributed by atoms with Crippen LogP contribution >= 0.6 is 11.6 Å². The van der Waals surface area contributed by atoms with Crippen molar-refractivity contribution in [3.63, 3.8) is 0 Å². The topological polar surface area (TPSA) is 60.8 Å². The zero-order valence-electron chi connectivity index (χ0n) is 10.6. The molecule has 0 aliphatic rings. The highest BCUT2D eigenvalue weighted by Crippen LogP contribution is 2.26. The summed E-state index contributed by atoms with van der Waals surface area (Å²) in [6.45, 7) is 5.18. The highest BCUT2D eigenvalue weighted by Gasteiger charge is 2.17. The lowest BCUT2D eigenvalue weighted by molar-refractivity contribution is -0.141. The Balaban J connectivity index is 2.77. The molecule has 1 aromatic carbocycles. The van der Waals surface area contributed by atoms with Gasteiger partial charge in [-0.1, -0.05) is 31.5 Å². The van der Waals surface area contributed by atoms with Gasteiger partial charge in [0.05, 0.1) is 5.92 Å². The molecule has 0 aromatic heterocycles. The minimum Gasteiger partial charge on any atom is -0.508 e. The molecule has 0 saturated carbocycles. The Hall–Kier alpha value is -1.26. The summed E-state index contributed by atoms with van der Waals surface area (Å²) in [5.74, 6) is -1.13. The molecule has 0 heterocycles. The van der Waals surface area contributed by atoms with E-state index >= 15 is 0 Å². The monoisotopic (exact) mass is 271 g/mol. The van der Waals surface area contributed by atoms with Crippen LogP contribution in [0.3, 0.4) is 0 Å². The first kappa shape index (κ1) is 14.8. The van der Waals surface area contributed by atoms with Gasteiger partial charge in [0.1, 0.15) is 5.75 Å². The van der Waals surface area contributed by atoms with Crippen LogP contribution in [0.25, 0.3) is 0 Å². The van der Waals surface area contributed by atoms with Crippen LogP contribution < -0.4 is 0 Å². The summed E-state index contributed by atoms with van der Waals surface area (Å²) in [6.07, 6.45) is 0. The van der Waals surface area contributed by atoms with Crippen molar-refractivity contribution in [1.82, 2.24) is 4.90 Å². The van der Waals surface area contributed by atoms with E-state index in [2.05, 4.69) is 0 Å². The molecule has 100 valence electrons. The zero-order chi connectivity index (χ0) is 13.7. The maximum absolute atomic E-state index is 10.8. The number of rotatable bonds is 6. The average molecular weight is 272 g/mol. The summed E-state index contributed by atoms with van der Waals surface area (Å²) in [4.78, 5) is 12.8. The largest absolute Gasteiger partial charge is 0.508 e. The molecule has 0 radical (unpaired) electrons. The molecule has 0 aliphatic heterocycles. The minimum absolute atomic E-state index is 0.143. The highest BCUT2D eigenvalue weighted by molar-refractivity contribution is 6.31. The standard InChI is InChI=1S/C13H18ClNO3/c1-3-15(7-9(2)13(17)18)8-10-11(14)5-4-6-12(10)16/h4-6,9,16H,3,7-8H2,1-2H3,(H,17,18). The van der Waals surface area contributed by atoms with Gasteiger partial charge < -0.3 is 10.2 Å². The Kier molecular flexibility index (Phi) is 5.44. The Morgan fingerprint density at radius 3 is 2.67 bits per heavy atom. The summed E-state index contributed by atoms with van der Waals surface area (Å²) in [7, 11) is 0. The molecule has 1 unspecified atom stereocenters. The molecule has 0 fully saturated rings. The molecule has 18 heavy (non-hydrogen) atoms. The zero-order valence-corrected chi connectivity index (χ0v) is 11.3. The fourth-order valence-electron chi connectivity index (χ4n) is 1.70. The van der Waals surface area contributed by atoms with Crippen LogP contribution in [-0.2, 0) is 11.3 Å². The number of aromatic hydroxyl groups is 1. The number of carboxylic acid groups (broad SMARTS) is 1. The number of benzene rings is 1. The molecule has 2 N–H and O–H groups in total. The predicted molar refractivity (Wildman–Crippen MR) is 70.9 cm³/mol. The molecule has 0 aliphatic carbocycles. The molecule has 0 amide bonds. The number of halogens is 1. The summed E-state index contributed by atoms with van der Waals surface area (Å²) in [5, 5.41) is 19.1. The van der Waals surface area contributed by atoms with Crippen molar-refractivity contribution in [3.05, 3.63) is 28.8 Å². The van der Waals surface area contributed by atoms with Gasteiger partial charge in [0, 0.05) is 23.7 Å². The van der Waals surface area contributed by atoms with E-state index in [1.165, 1.54) is 0 Å². The maximum Gasteiger partial charge on any atom is 0.307 e. The van der Waals surface area contributed by atoms with E-state index in [1.54, 1.807) is 25.1 Å². The SMILES string of the molecule is CCN(Cc1c(O)cccc1Cl)CC(C)C(=O)O. The first-order valence-electron chi connectivity index (χ1n) is 5.87. The Morgan fingerprint density at radius 2 is 2.17 bits per heavy atom. The van der Waals surface area contributed by atoms with Crippen LogP contribution in [-0.4, -0.2) is 34.2 Å². The van der Waals surface area contributed by atoms with Crippen molar-refractivity contribution in [2.45, 2.75) is 20.4 Å². The lowest BCUT2D eigenvalue weighted by Crippen LogP contribution is -2.31. The number of hydrogen-bond donors (Lipinski definition) is 2. The van der Waals surface area contributed by atoms with E-state index in [0.29, 0.717) is 30.2 Å². The third-order valence-electron chi connectivity index (χ3n) is 2.88. The number of phenolic OH excluding ortho intramolecular Hbond substituents is 1. The van der Waals surface area contributed by atoms with Crippen molar-refractivity contribution in [2.24, 2.45) is 5.92 Å². The quantitative estimate of drug-likeness (QED) is 0.835. The van der Waals surface area contributed by atoms with Gasteiger partial charge in [-0.15, -0.1) is 0 Å². The number of carboxylic acids is 1. The molecule has 1 rings (SSSR count). The average Bonchev–Trinajstić information content (AvgIpc) is 2.32. The maximum atomic E-state index is 10.8. The third-order valence-corrected chi connectivity index (χ3v) is 3.23. The number of hydrogen-bond acceptors (Lipinski definition) is 3. The fourth-order valence-corrected chi connectivity index (χ4v) is 1.93. The van der Waals surface area contributed by atoms with Gasteiger partial charge in [-0.3, -0.25) is 9.69 Å². The van der Waals surface area contributed by atoms with Gasteiger partial charge in [-0.2, -0.15) is 0 Å². The van der Waals surface area contributed by atoms with Crippen LogP contribution in [0.15, 0.2) is 18.2 Å². The van der Waals surface area contributed by atoms with Crippen molar-refractivity contribution < 1.29 is 15.0 Å². The van der Waals surface area contributed by atoms with Crippen molar-refractivity contribution in [2.75, 3.05) is 13.1 Å². The summed E-state index contributed by atoms with van der Waals surface area (Å²) < 4.78 is 0. The van der Waals surface area contributed by atoms with Crippen LogP contribution in [0.1, 0.15) is 19.4 Å². The van der Waals surface area contributed by atoms with Crippen molar-refractivity contribution in [1.29, 1.82) is 0 Å². The smallest absolute Gasteiger partial charge is 0.307 e. The van der Waals surface area contributed by atoms with E-state index < -0.39 is 11.9 Å². The first-order chi connectivity index (χ1) is 8.45. The van der Waals surface area contributed by atoms with Crippen LogP contribution in [0.4, 0.5) is 0 Å². The highest BCUT2D eigenvalue weighted by atomic mass is 35.5. The summed E-state index contributed by atoms with van der Waals surface area (Å²) >= 11 is 6.03. The fraction of sp³-hybridized carbons (Fsp3) is 0.462. The van der Waals surface area contributed by atoms with Crippen LogP contribution in [0.5, 0.6) is 5.75 Å². The molecule has 1 aromatic rings. The van der Waals surface area contributed by atoms with E-state index in [1.807, 2.05) is 11.8 Å². The molecule has 0 bridgehead atoms. The molecule has 5 heteroatoms. The molecule has 1 atom stereocenters. The third kappa shape index (κ3) is 3.89. The van der Waals surface area contributed by atoms with Crippen molar-refractivity contribution >= 4 is 17.6 Å². The number of phenols is 1. The van der Waals surface area contributed by atoms with Gasteiger partial charge in [0.2, 0.25) is 0 Å². The first-order valence-corrected chi connectivity index (χ1v) is 6.25. The van der Waals surface area contributed by atoms with Gasteiger partial charge in [-0.25, -0.2) is 0 Å². The second-order valence-corrected chi connectivity index (χ2v) is 4.71.